The largest absolute Gasteiger partial charge is 0.459 e. The fourth-order valence-electron chi connectivity index (χ4n) is 1.34. The highest BCUT2D eigenvalue weighted by Crippen LogP contribution is 2.09. The first-order chi connectivity index (χ1) is 6.88. The lowest BCUT2D eigenvalue weighted by Gasteiger charge is -2.09. The molecule has 1 atom stereocenters. The number of hydrogen-bond acceptors (Lipinski definition) is 5. The van der Waals surface area contributed by atoms with Gasteiger partial charge in [-0.25, -0.2) is 4.98 Å². The van der Waals surface area contributed by atoms with E-state index in [9.17, 15) is 0 Å². The SMILES string of the molecule is N#Cc1ccnc(OC2CCNC2)n1. The average molecular weight is 190 g/mol. The zero-order valence-electron chi connectivity index (χ0n) is 7.60. The van der Waals surface area contributed by atoms with Gasteiger partial charge in [0.2, 0.25) is 0 Å². The second-order valence-electron chi connectivity index (χ2n) is 3.07. The summed E-state index contributed by atoms with van der Waals surface area (Å²) in [7, 11) is 0. The van der Waals surface area contributed by atoms with Crippen LogP contribution in [-0.4, -0.2) is 29.2 Å². The van der Waals surface area contributed by atoms with Gasteiger partial charge in [-0.2, -0.15) is 10.2 Å². The van der Waals surface area contributed by atoms with Crippen molar-refractivity contribution in [1.29, 1.82) is 5.26 Å². The maximum atomic E-state index is 8.61. The van der Waals surface area contributed by atoms with E-state index in [0.717, 1.165) is 19.5 Å². The molecule has 0 aromatic carbocycles. The highest BCUT2D eigenvalue weighted by Gasteiger charge is 2.16. The summed E-state index contributed by atoms with van der Waals surface area (Å²) in [6.45, 7) is 1.78. The zero-order chi connectivity index (χ0) is 9.80. The topological polar surface area (TPSA) is 70.8 Å². The van der Waals surface area contributed by atoms with Crippen molar-refractivity contribution in [3.63, 3.8) is 0 Å². The summed E-state index contributed by atoms with van der Waals surface area (Å²) in [6.07, 6.45) is 2.62. The van der Waals surface area contributed by atoms with Gasteiger partial charge in [0.05, 0.1) is 0 Å². The van der Waals surface area contributed by atoms with Crippen molar-refractivity contribution in [1.82, 2.24) is 15.3 Å². The fourth-order valence-corrected chi connectivity index (χ4v) is 1.34. The number of aromatic nitrogens is 2. The number of nitriles is 1. The van der Waals surface area contributed by atoms with E-state index in [1.54, 1.807) is 6.07 Å². The van der Waals surface area contributed by atoms with Crippen LogP contribution in [0.5, 0.6) is 6.01 Å². The molecule has 0 amide bonds. The van der Waals surface area contributed by atoms with Crippen LogP contribution in [0.3, 0.4) is 0 Å². The van der Waals surface area contributed by atoms with Gasteiger partial charge in [0.15, 0.2) is 0 Å². The summed E-state index contributed by atoms with van der Waals surface area (Å²) in [5.41, 5.74) is 0.334. The Morgan fingerprint density at radius 3 is 3.29 bits per heavy atom. The number of rotatable bonds is 2. The molecule has 2 heterocycles. The van der Waals surface area contributed by atoms with Gasteiger partial charge in [-0.1, -0.05) is 0 Å². The lowest BCUT2D eigenvalue weighted by molar-refractivity contribution is 0.204. The lowest BCUT2D eigenvalue weighted by atomic mass is 10.3. The summed E-state index contributed by atoms with van der Waals surface area (Å²) in [6, 6.07) is 3.79. The van der Waals surface area contributed by atoms with E-state index in [4.69, 9.17) is 10.00 Å². The molecule has 5 nitrogen and oxygen atoms in total. The van der Waals surface area contributed by atoms with Crippen LogP contribution >= 0.6 is 0 Å². The van der Waals surface area contributed by atoms with Crippen LogP contribution < -0.4 is 10.1 Å². The molecule has 2 rings (SSSR count). The van der Waals surface area contributed by atoms with Crippen molar-refractivity contribution in [2.45, 2.75) is 12.5 Å². The molecule has 1 N–H and O–H groups in total. The van der Waals surface area contributed by atoms with E-state index in [2.05, 4.69) is 15.3 Å². The third kappa shape index (κ3) is 1.98. The average Bonchev–Trinajstić information content (AvgIpc) is 2.71. The minimum absolute atomic E-state index is 0.129. The third-order valence-electron chi connectivity index (χ3n) is 2.04. The summed E-state index contributed by atoms with van der Waals surface area (Å²) in [4.78, 5) is 7.87. The lowest BCUT2D eigenvalue weighted by Crippen LogP contribution is -2.20. The Morgan fingerprint density at radius 2 is 2.57 bits per heavy atom. The van der Waals surface area contributed by atoms with Crippen molar-refractivity contribution in [2.75, 3.05) is 13.1 Å². The second kappa shape index (κ2) is 4.03. The van der Waals surface area contributed by atoms with E-state index >= 15 is 0 Å². The molecule has 1 aliphatic rings. The van der Waals surface area contributed by atoms with Crippen LogP contribution in [-0.2, 0) is 0 Å². The number of nitrogens with one attached hydrogen (secondary N) is 1. The fraction of sp³-hybridized carbons (Fsp3) is 0.444. The van der Waals surface area contributed by atoms with Crippen molar-refractivity contribution in [3.8, 4) is 12.1 Å². The molecule has 1 aromatic heterocycles. The number of hydrogen-bond donors (Lipinski definition) is 1. The molecule has 14 heavy (non-hydrogen) atoms. The van der Waals surface area contributed by atoms with Crippen molar-refractivity contribution < 1.29 is 4.74 Å². The van der Waals surface area contributed by atoms with Gasteiger partial charge in [-0.05, 0) is 19.0 Å². The summed E-state index contributed by atoms with van der Waals surface area (Å²) < 4.78 is 5.48. The first-order valence-corrected chi connectivity index (χ1v) is 4.49. The highest BCUT2D eigenvalue weighted by molar-refractivity contribution is 5.19. The molecule has 72 valence electrons. The Kier molecular flexibility index (Phi) is 2.56. The molecule has 0 saturated carbocycles. The molecule has 1 fully saturated rings. The molecule has 0 aliphatic carbocycles. The van der Waals surface area contributed by atoms with Gasteiger partial charge in [-0.3, -0.25) is 0 Å². The monoisotopic (exact) mass is 190 g/mol. The maximum absolute atomic E-state index is 8.61. The standard InChI is InChI=1S/C9H10N4O/c10-5-7-1-4-12-9(13-7)14-8-2-3-11-6-8/h1,4,8,11H,2-3,6H2. The Bertz CT molecular complexity index is 354. The summed E-state index contributed by atoms with van der Waals surface area (Å²) in [5, 5.41) is 11.8. The summed E-state index contributed by atoms with van der Waals surface area (Å²) in [5.74, 6) is 0. The maximum Gasteiger partial charge on any atom is 0.317 e. The van der Waals surface area contributed by atoms with Crippen LogP contribution in [0.15, 0.2) is 12.3 Å². The molecule has 1 unspecified atom stereocenters. The predicted octanol–water partition coefficient (Wildman–Crippen LogP) is 0.0890. The number of ether oxygens (including phenoxy) is 1. The molecular formula is C9H10N4O. The van der Waals surface area contributed by atoms with E-state index in [1.807, 2.05) is 6.07 Å². The first kappa shape index (κ1) is 8.91. The van der Waals surface area contributed by atoms with E-state index in [1.165, 1.54) is 6.20 Å². The van der Waals surface area contributed by atoms with Gasteiger partial charge < -0.3 is 10.1 Å². The smallest absolute Gasteiger partial charge is 0.317 e. The van der Waals surface area contributed by atoms with Crippen LogP contribution in [0.2, 0.25) is 0 Å². The minimum Gasteiger partial charge on any atom is -0.459 e. The second-order valence-corrected chi connectivity index (χ2v) is 3.07. The molecule has 5 heteroatoms. The quantitative estimate of drug-likeness (QED) is 0.715. The van der Waals surface area contributed by atoms with Crippen molar-refractivity contribution >= 4 is 0 Å². The first-order valence-electron chi connectivity index (χ1n) is 4.49. The van der Waals surface area contributed by atoms with Crippen LogP contribution in [0, 0.1) is 11.3 Å². The Morgan fingerprint density at radius 1 is 1.64 bits per heavy atom. The molecule has 1 aromatic rings. The third-order valence-corrected chi connectivity index (χ3v) is 2.04. The van der Waals surface area contributed by atoms with Gasteiger partial charge in [0, 0.05) is 12.7 Å². The molecule has 0 radical (unpaired) electrons. The molecule has 0 bridgehead atoms. The number of nitrogens with zero attached hydrogens (tertiary/aromatic N) is 3. The zero-order valence-corrected chi connectivity index (χ0v) is 7.60. The predicted molar refractivity (Wildman–Crippen MR) is 48.6 cm³/mol. The van der Waals surface area contributed by atoms with Gasteiger partial charge >= 0.3 is 6.01 Å². The normalized spacial score (nSPS) is 20.4. The summed E-state index contributed by atoms with van der Waals surface area (Å²) >= 11 is 0. The van der Waals surface area contributed by atoms with Gasteiger partial charge in [0.1, 0.15) is 17.9 Å². The van der Waals surface area contributed by atoms with E-state index in [0.29, 0.717) is 5.69 Å². The van der Waals surface area contributed by atoms with Crippen molar-refractivity contribution in [3.05, 3.63) is 18.0 Å². The highest BCUT2D eigenvalue weighted by atomic mass is 16.5. The molecule has 0 spiro atoms. The van der Waals surface area contributed by atoms with Gasteiger partial charge in [-0.15, -0.1) is 0 Å². The van der Waals surface area contributed by atoms with E-state index in [-0.39, 0.29) is 12.1 Å². The van der Waals surface area contributed by atoms with E-state index < -0.39 is 0 Å². The molecule has 1 saturated heterocycles. The molecule has 1 aliphatic heterocycles. The van der Waals surface area contributed by atoms with Crippen LogP contribution in [0.4, 0.5) is 0 Å². The van der Waals surface area contributed by atoms with Crippen LogP contribution in [0.1, 0.15) is 12.1 Å². The Hall–Kier alpha value is -1.67. The van der Waals surface area contributed by atoms with Crippen LogP contribution in [0.25, 0.3) is 0 Å². The minimum atomic E-state index is 0.129. The Labute approximate surface area is 81.7 Å². The van der Waals surface area contributed by atoms with Gasteiger partial charge in [0.25, 0.3) is 0 Å². The molecular weight excluding hydrogens is 180 g/mol. The van der Waals surface area contributed by atoms with Crippen molar-refractivity contribution in [2.24, 2.45) is 0 Å². The Balaban J connectivity index is 2.05.